The second kappa shape index (κ2) is 62.5. The lowest BCUT2D eigenvalue weighted by atomic mass is 9.70. The summed E-state index contributed by atoms with van der Waals surface area (Å²) in [5.74, 6) is 13.5. The molecule has 0 amide bonds. The minimum atomic E-state index is -0.256. The van der Waals surface area contributed by atoms with Crippen LogP contribution in [0.15, 0.2) is 170 Å². The molecule has 6 fully saturated rings. The summed E-state index contributed by atoms with van der Waals surface area (Å²) in [4.78, 5) is 0. The topological polar surface area (TPSA) is 133 Å². The van der Waals surface area contributed by atoms with Gasteiger partial charge in [0.15, 0.2) is 25.2 Å². The molecule has 2 N–H and O–H groups in total. The van der Waals surface area contributed by atoms with E-state index in [9.17, 15) is 0 Å². The Balaban J connectivity index is 0.000000200. The van der Waals surface area contributed by atoms with Crippen LogP contribution in [0, 0.1) is 29.6 Å². The first kappa shape index (κ1) is 108. The zero-order valence-electron chi connectivity index (χ0n) is 84.2. The second-order valence-electron chi connectivity index (χ2n) is 39.5. The molecule has 12 heteroatoms. The molecule has 0 aromatic heterocycles. The van der Waals surface area contributed by atoms with Crippen LogP contribution in [0.3, 0.4) is 0 Å². The summed E-state index contributed by atoms with van der Waals surface area (Å²) in [6.45, 7) is 38.8. The van der Waals surface area contributed by atoms with Crippen molar-refractivity contribution in [3.05, 3.63) is 209 Å². The Morgan fingerprint density at radius 3 is 1.18 bits per heavy atom. The molecule has 724 valence electrons. The van der Waals surface area contributed by atoms with Gasteiger partial charge in [-0.25, -0.2) is 0 Å². The van der Waals surface area contributed by atoms with Crippen LogP contribution in [0.25, 0.3) is 0 Å². The van der Waals surface area contributed by atoms with Crippen LogP contribution < -0.4 is 23.7 Å². The van der Waals surface area contributed by atoms with E-state index in [1.54, 1.807) is 24.3 Å². The number of unbranched alkanes of at least 4 members (excludes halogenated alkanes) is 1. The van der Waals surface area contributed by atoms with E-state index in [1.807, 2.05) is 43.3 Å². The molecule has 7 aromatic rings. The minimum absolute atomic E-state index is 0.0792. The fraction of sp³-hybridized carbons (Fsp3) is 0.644. The molecule has 15 atom stereocenters. The van der Waals surface area contributed by atoms with Crippen molar-refractivity contribution in [1.29, 1.82) is 0 Å². The molecule has 1 heterocycles. The predicted octanol–water partition coefficient (Wildman–Crippen LogP) is 33.7. The number of fused-ring (bicyclic) bond motifs is 1. The smallest absolute Gasteiger partial charge is 0.200 e. The molecule has 0 bridgehead atoms. The SMILES string of the molecule is CCC(C)c1ccc(O)cc1.CCC(C)c1ccc(O)cc1.CCC(C)c1ccc(OC(C)OCC2CCCO2)cc1.CCC(C)c1ccc(OC(CC2CCCCC2)OCC2CCCCC2)cc1.CCCC(Oc1ccc(C(C)CC)cc1)OC1CCC2CCCCC2C1.CCCCC(C)CC(OCCOc1ccc(C2CCCCC2)cc1)Oc1ccc(C(C)CC)cc1. The Kier molecular flexibility index (Phi) is 52.0. The molecule has 5 aliphatic carbocycles. The highest BCUT2D eigenvalue weighted by Gasteiger charge is 2.34. The average Bonchev–Trinajstić information content (AvgIpc) is 1.07. The van der Waals surface area contributed by atoms with Crippen molar-refractivity contribution in [3.8, 4) is 40.2 Å². The van der Waals surface area contributed by atoms with Crippen LogP contribution in [0.4, 0.5) is 0 Å². The van der Waals surface area contributed by atoms with Gasteiger partial charge in [-0.05, 0) is 298 Å². The molecule has 1 aliphatic heterocycles. The Bertz CT molecular complexity index is 3890. The normalized spacial score (nSPS) is 20.2. The van der Waals surface area contributed by atoms with Crippen molar-refractivity contribution in [2.24, 2.45) is 29.6 Å². The van der Waals surface area contributed by atoms with E-state index < -0.39 is 0 Å². The first-order valence-electron chi connectivity index (χ1n) is 52.7. The first-order chi connectivity index (χ1) is 63.2. The fourth-order valence-electron chi connectivity index (χ4n) is 19.0. The lowest BCUT2D eigenvalue weighted by molar-refractivity contribution is -0.142. The molecule has 13 rings (SSSR count). The van der Waals surface area contributed by atoms with E-state index in [0.29, 0.717) is 78.8 Å². The minimum Gasteiger partial charge on any atom is -0.508 e. The van der Waals surface area contributed by atoms with Gasteiger partial charge in [-0.3, -0.25) is 0 Å². The number of hydrogen-bond acceptors (Lipinski definition) is 12. The number of benzene rings is 7. The lowest BCUT2D eigenvalue weighted by Gasteiger charge is -2.40. The number of hydrogen-bond donors (Lipinski definition) is 2. The molecular weight excluding hydrogens is 1610 g/mol. The number of phenolic OH excluding ortho intramolecular Hbond substituents is 2. The highest BCUT2D eigenvalue weighted by molar-refractivity contribution is 5.34. The molecule has 1 saturated heterocycles. The Labute approximate surface area is 791 Å². The number of aromatic hydroxyl groups is 2. The van der Waals surface area contributed by atoms with E-state index in [1.165, 1.54) is 212 Å². The van der Waals surface area contributed by atoms with E-state index in [2.05, 4.69) is 213 Å². The zero-order chi connectivity index (χ0) is 93.0. The molecule has 5 saturated carbocycles. The van der Waals surface area contributed by atoms with Crippen molar-refractivity contribution in [3.63, 3.8) is 0 Å². The van der Waals surface area contributed by atoms with E-state index in [4.69, 9.17) is 57.6 Å². The van der Waals surface area contributed by atoms with E-state index in [0.717, 1.165) is 136 Å². The highest BCUT2D eigenvalue weighted by atomic mass is 16.7. The van der Waals surface area contributed by atoms with Crippen molar-refractivity contribution in [2.75, 3.05) is 33.0 Å². The quantitative estimate of drug-likeness (QED) is 0.0278. The maximum atomic E-state index is 9.01. The fourth-order valence-corrected chi connectivity index (χ4v) is 19.0. The molecule has 7 aromatic carbocycles. The second-order valence-corrected chi connectivity index (χ2v) is 39.5. The Morgan fingerprint density at radius 1 is 0.338 bits per heavy atom. The van der Waals surface area contributed by atoms with Crippen LogP contribution in [-0.2, 0) is 23.7 Å². The molecule has 6 aliphatic rings. The molecular formula is C118H180O12. The summed E-state index contributed by atoms with van der Waals surface area (Å²) in [5, 5.41) is 18.0. The van der Waals surface area contributed by atoms with Crippen LogP contribution in [0.2, 0.25) is 0 Å². The van der Waals surface area contributed by atoms with Gasteiger partial charge in [0.05, 0.1) is 32.0 Å². The lowest BCUT2D eigenvalue weighted by Crippen LogP contribution is -2.35. The summed E-state index contributed by atoms with van der Waals surface area (Å²) >= 11 is 0. The van der Waals surface area contributed by atoms with Gasteiger partial charge in [0.25, 0.3) is 0 Å². The predicted molar refractivity (Wildman–Crippen MR) is 542 cm³/mol. The third kappa shape index (κ3) is 41.0. The van der Waals surface area contributed by atoms with Gasteiger partial charge in [-0.1, -0.05) is 311 Å². The molecule has 15 unspecified atom stereocenters. The number of ether oxygens (including phenoxy) is 10. The van der Waals surface area contributed by atoms with Gasteiger partial charge in [0.1, 0.15) is 46.9 Å². The monoisotopic (exact) mass is 1790 g/mol. The molecule has 130 heavy (non-hydrogen) atoms. The van der Waals surface area contributed by atoms with Gasteiger partial charge in [0, 0.05) is 25.9 Å². The Hall–Kier alpha value is -7.06. The average molecular weight is 1790 g/mol. The van der Waals surface area contributed by atoms with Crippen molar-refractivity contribution >= 4 is 0 Å². The van der Waals surface area contributed by atoms with Gasteiger partial charge in [0.2, 0.25) is 0 Å². The van der Waals surface area contributed by atoms with Crippen molar-refractivity contribution < 1.29 is 57.6 Å². The number of phenols is 2. The van der Waals surface area contributed by atoms with Crippen LogP contribution in [0.5, 0.6) is 40.2 Å². The van der Waals surface area contributed by atoms with Gasteiger partial charge < -0.3 is 57.6 Å². The third-order valence-corrected chi connectivity index (χ3v) is 29.2. The van der Waals surface area contributed by atoms with E-state index >= 15 is 0 Å². The third-order valence-electron chi connectivity index (χ3n) is 29.2. The summed E-state index contributed by atoms with van der Waals surface area (Å²) in [5.41, 5.74) is 9.56. The highest BCUT2D eigenvalue weighted by Crippen LogP contribution is 2.43. The summed E-state index contributed by atoms with van der Waals surface area (Å²) < 4.78 is 60.9. The Morgan fingerprint density at radius 2 is 0.746 bits per heavy atom. The standard InChI is InChI=1S/C32H48O3.C25H40O2.C24H38O2.C17H26O3.2C10H14O/c1-5-7-11-25(3)24-32(35-31-20-14-27(15-21-31)26(4)6-2)34-23-22-33-30-18-16-29(17-19-30)28-12-9-8-10-13-28;1-3-20(2)23-14-16-24(17-15-23)27-25(18-21-10-6-4-7-11-21)26-19-22-12-8-5-9-13-22;1-4-8-24(25-22-14-11-19(12-15-22)18(3)5-2)26-23-16-13-20-9-6-7-10-21(20)17-23;1-4-13(2)15-7-9-16(10-8-15)20-14(3)19-12-17-6-5-11-18-17;2*1-3-8(2)9-4-6-10(11)7-5-9/h14-21,25-26,28,32H,5-13,22-24H2,1-4H3;14-17,20-22,25H,3-13,18-19H2,1-2H3;11-12,14-15,18,20-21,23-24H,4-10,13,16-17H2,1-3H3;7-10,13-14,17H,4-6,11-12H2,1-3H3;2*4-8,11H,3H2,1-2H3. The van der Waals surface area contributed by atoms with Crippen LogP contribution >= 0.6 is 0 Å². The molecule has 12 nitrogen and oxygen atoms in total. The maximum absolute atomic E-state index is 9.01. The largest absolute Gasteiger partial charge is 0.508 e. The molecule has 0 spiro atoms. The zero-order valence-corrected chi connectivity index (χ0v) is 84.2. The maximum Gasteiger partial charge on any atom is 0.200 e. The van der Waals surface area contributed by atoms with Crippen LogP contribution in [0.1, 0.15) is 429 Å². The van der Waals surface area contributed by atoms with Crippen molar-refractivity contribution in [2.45, 2.75) is 427 Å². The number of rotatable bonds is 43. The summed E-state index contributed by atoms with van der Waals surface area (Å²) in [6.07, 6.45) is 46.8. The molecule has 0 radical (unpaired) electrons. The van der Waals surface area contributed by atoms with Gasteiger partial charge in [-0.15, -0.1) is 0 Å². The summed E-state index contributed by atoms with van der Waals surface area (Å²) in [6, 6.07) is 57.8. The van der Waals surface area contributed by atoms with Gasteiger partial charge in [-0.2, -0.15) is 0 Å². The van der Waals surface area contributed by atoms with Crippen molar-refractivity contribution in [1.82, 2.24) is 0 Å². The summed E-state index contributed by atoms with van der Waals surface area (Å²) in [7, 11) is 0. The van der Waals surface area contributed by atoms with Crippen LogP contribution in [-0.4, -0.2) is 80.6 Å². The van der Waals surface area contributed by atoms with Gasteiger partial charge >= 0.3 is 0 Å². The van der Waals surface area contributed by atoms with E-state index in [-0.39, 0.29) is 31.3 Å². The first-order valence-corrected chi connectivity index (χ1v) is 52.7.